The molecule has 1 aromatic rings. The Kier molecular flexibility index (Phi) is 10.1. The molecule has 1 spiro atoms. The predicted molar refractivity (Wildman–Crippen MR) is 160 cm³/mol. The Balaban J connectivity index is 1.68. The van der Waals surface area contributed by atoms with E-state index in [9.17, 15) is 14.4 Å². The van der Waals surface area contributed by atoms with Gasteiger partial charge in [0.25, 0.3) is 5.91 Å². The van der Waals surface area contributed by atoms with E-state index < -0.39 is 27.4 Å². The van der Waals surface area contributed by atoms with Crippen LogP contribution in [0.4, 0.5) is 5.69 Å². The highest BCUT2D eigenvalue weighted by Gasteiger charge is 2.77. The fourth-order valence-corrected chi connectivity index (χ4v) is 9.23. The van der Waals surface area contributed by atoms with E-state index in [4.69, 9.17) is 21.4 Å². The van der Waals surface area contributed by atoms with Crippen molar-refractivity contribution in [3.63, 3.8) is 0 Å². The minimum Gasteiger partial charge on any atom is -0.465 e. The summed E-state index contributed by atoms with van der Waals surface area (Å²) in [5, 5.41) is 9.74. The summed E-state index contributed by atoms with van der Waals surface area (Å²) in [6.07, 6.45) is 9.47. The van der Waals surface area contributed by atoms with Gasteiger partial charge in [0.15, 0.2) is 0 Å². The van der Waals surface area contributed by atoms with Crippen LogP contribution in [0.5, 0.6) is 0 Å². The van der Waals surface area contributed by atoms with Gasteiger partial charge >= 0.3 is 5.97 Å². The normalized spacial score (nSPS) is 28.4. The monoisotopic (exact) mass is 588 g/mol. The third kappa shape index (κ3) is 5.72. The summed E-state index contributed by atoms with van der Waals surface area (Å²) >= 11 is 7.78. The maximum atomic E-state index is 14.5. The molecule has 0 aromatic heterocycles. The molecule has 3 aliphatic heterocycles. The molecule has 5 atom stereocenters. The van der Waals surface area contributed by atoms with Gasteiger partial charge in [0, 0.05) is 35.2 Å². The first-order valence-corrected chi connectivity index (χ1v) is 15.5. The molecular weight excluding hydrogens is 548 g/mol. The first-order valence-electron chi connectivity index (χ1n) is 14.3. The predicted octanol–water partition coefficient (Wildman–Crippen LogP) is 5.40. The largest absolute Gasteiger partial charge is 0.465 e. The number of allylic oxidation sites excluding steroid dienone is 1. The molecule has 218 valence electrons. The van der Waals surface area contributed by atoms with Gasteiger partial charge in [0.1, 0.15) is 6.04 Å². The standard InChI is InChI=1S/C31H41ClN2O5S/c1-4-6-11-21-39-29(38)25-24-27(36)34(19-9-7-8-10-20-35)26(31(24)17-16-30(25,3)40-31)28(37)33(18-5-2)23-14-12-22(32)13-15-23/h4-5,12-15,24-26,35H,1-2,6-11,16-21H2,3H3/t24-,25-,26?,30+,31?/m0/s1. The summed E-state index contributed by atoms with van der Waals surface area (Å²) < 4.78 is 4.54. The molecule has 2 bridgehead atoms. The lowest BCUT2D eigenvalue weighted by atomic mass is 9.66. The molecule has 1 N–H and O–H groups in total. The average Bonchev–Trinajstić information content (AvgIpc) is 3.50. The summed E-state index contributed by atoms with van der Waals surface area (Å²) in [5.74, 6) is -1.83. The van der Waals surface area contributed by atoms with Gasteiger partial charge in [-0.1, -0.05) is 36.6 Å². The Labute approximate surface area is 246 Å². The van der Waals surface area contributed by atoms with Gasteiger partial charge in [0.05, 0.1) is 23.2 Å². The lowest BCUT2D eigenvalue weighted by Gasteiger charge is -2.37. The molecule has 0 radical (unpaired) electrons. The Morgan fingerprint density at radius 2 is 1.88 bits per heavy atom. The molecule has 2 amide bonds. The van der Waals surface area contributed by atoms with E-state index in [2.05, 4.69) is 20.1 Å². The fourth-order valence-electron chi connectivity index (χ4n) is 6.76. The van der Waals surface area contributed by atoms with Gasteiger partial charge in [-0.25, -0.2) is 0 Å². The molecule has 1 aromatic carbocycles. The maximum Gasteiger partial charge on any atom is 0.311 e. The topological polar surface area (TPSA) is 87.1 Å². The van der Waals surface area contributed by atoms with Crippen LogP contribution in [0.2, 0.25) is 5.02 Å². The van der Waals surface area contributed by atoms with Crippen molar-refractivity contribution in [1.82, 2.24) is 4.90 Å². The number of ether oxygens (including phenoxy) is 1. The van der Waals surface area contributed by atoms with E-state index in [-0.39, 0.29) is 37.5 Å². The number of rotatable bonds is 15. The van der Waals surface area contributed by atoms with Gasteiger partial charge in [-0.3, -0.25) is 14.4 Å². The highest BCUT2D eigenvalue weighted by atomic mass is 35.5. The number of esters is 1. The number of hydrogen-bond acceptors (Lipinski definition) is 6. The second-order valence-corrected chi connectivity index (χ2v) is 13.5. The number of halogens is 1. The number of aliphatic hydroxyl groups excluding tert-OH is 1. The number of benzene rings is 1. The van der Waals surface area contributed by atoms with E-state index >= 15 is 0 Å². The van der Waals surface area contributed by atoms with Crippen molar-refractivity contribution in [2.45, 2.75) is 73.8 Å². The molecule has 3 aliphatic rings. The molecule has 2 unspecified atom stereocenters. The third-order valence-electron chi connectivity index (χ3n) is 8.58. The highest BCUT2D eigenvalue weighted by Crippen LogP contribution is 2.71. The van der Waals surface area contributed by atoms with Gasteiger partial charge in [0.2, 0.25) is 5.91 Å². The van der Waals surface area contributed by atoms with Crippen LogP contribution in [0, 0.1) is 11.8 Å². The maximum absolute atomic E-state index is 14.5. The number of hydrogen-bond donors (Lipinski definition) is 1. The summed E-state index contributed by atoms with van der Waals surface area (Å²) in [6, 6.07) is 6.40. The third-order valence-corrected chi connectivity index (χ3v) is 10.8. The van der Waals surface area contributed by atoms with Crippen LogP contribution in [0.15, 0.2) is 49.6 Å². The van der Waals surface area contributed by atoms with Gasteiger partial charge in [-0.2, -0.15) is 0 Å². The van der Waals surface area contributed by atoms with Gasteiger partial charge < -0.3 is 19.6 Å². The molecule has 9 heteroatoms. The SMILES string of the molecule is C=CCCCOC(=O)[C@@H]1[C@H]2C(=O)N(CCCCCCO)C(C(=O)N(CC=C)c3ccc(Cl)cc3)C23CC[C@@]1(C)S3. The second-order valence-electron chi connectivity index (χ2n) is 11.2. The van der Waals surface area contributed by atoms with Crippen LogP contribution in [0.25, 0.3) is 0 Å². The molecule has 0 aliphatic carbocycles. The van der Waals surface area contributed by atoms with E-state index in [0.29, 0.717) is 36.5 Å². The first kappa shape index (κ1) is 30.7. The minimum absolute atomic E-state index is 0.126. The van der Waals surface area contributed by atoms with Crippen LogP contribution >= 0.6 is 23.4 Å². The van der Waals surface area contributed by atoms with Crippen LogP contribution in [-0.4, -0.2) is 69.6 Å². The summed E-state index contributed by atoms with van der Waals surface area (Å²) in [6.45, 7) is 10.8. The van der Waals surface area contributed by atoms with Crippen LogP contribution in [0.1, 0.15) is 58.3 Å². The van der Waals surface area contributed by atoms with E-state index in [1.807, 2.05) is 0 Å². The summed E-state index contributed by atoms with van der Waals surface area (Å²) in [7, 11) is 0. The van der Waals surface area contributed by atoms with Crippen molar-refractivity contribution in [2.24, 2.45) is 11.8 Å². The van der Waals surface area contributed by atoms with E-state index in [1.54, 1.807) is 58.0 Å². The quantitative estimate of drug-likeness (QED) is 0.168. The van der Waals surface area contributed by atoms with Gasteiger partial charge in [-0.15, -0.1) is 24.9 Å². The summed E-state index contributed by atoms with van der Waals surface area (Å²) in [4.78, 5) is 45.7. The zero-order chi connectivity index (χ0) is 28.9. The number of anilines is 1. The highest BCUT2D eigenvalue weighted by molar-refractivity contribution is 8.02. The molecule has 40 heavy (non-hydrogen) atoms. The fraction of sp³-hybridized carbons (Fsp3) is 0.581. The summed E-state index contributed by atoms with van der Waals surface area (Å²) in [5.41, 5.74) is 0.687. The van der Waals surface area contributed by atoms with Crippen molar-refractivity contribution >= 4 is 46.8 Å². The average molecular weight is 589 g/mol. The number of fused-ring (bicyclic) bond motifs is 1. The minimum atomic E-state index is -0.705. The number of carbonyl (C=O) groups is 3. The molecule has 7 nitrogen and oxygen atoms in total. The number of thioether (sulfide) groups is 1. The number of likely N-dealkylation sites (tertiary alicyclic amines) is 1. The molecule has 4 rings (SSSR count). The Morgan fingerprint density at radius 3 is 2.55 bits per heavy atom. The number of unbranched alkanes of at least 4 members (excludes halogenated alkanes) is 4. The number of aliphatic hydroxyl groups is 1. The Morgan fingerprint density at radius 1 is 1.15 bits per heavy atom. The van der Waals surface area contributed by atoms with Crippen LogP contribution in [-0.2, 0) is 19.1 Å². The Hall–Kier alpha value is -2.29. The zero-order valence-corrected chi connectivity index (χ0v) is 24.9. The molecule has 3 saturated heterocycles. The molecule has 0 saturated carbocycles. The van der Waals surface area contributed by atoms with Gasteiger partial charge in [-0.05, 0) is 69.7 Å². The van der Waals surface area contributed by atoms with Crippen molar-refractivity contribution in [2.75, 3.05) is 31.2 Å². The van der Waals surface area contributed by atoms with Crippen molar-refractivity contribution in [1.29, 1.82) is 0 Å². The molecular formula is C31H41ClN2O5S. The number of carbonyl (C=O) groups excluding carboxylic acids is 3. The van der Waals surface area contributed by atoms with Crippen molar-refractivity contribution in [3.05, 3.63) is 54.6 Å². The Bertz CT molecular complexity index is 1110. The number of amides is 2. The lowest BCUT2D eigenvalue weighted by Crippen LogP contribution is -2.55. The van der Waals surface area contributed by atoms with Crippen LogP contribution in [0.3, 0.4) is 0 Å². The second kappa shape index (κ2) is 13.1. The lowest BCUT2D eigenvalue weighted by molar-refractivity contribution is -0.155. The molecule has 3 heterocycles. The molecule has 3 fully saturated rings. The first-order chi connectivity index (χ1) is 19.2. The van der Waals surface area contributed by atoms with Crippen molar-refractivity contribution in [3.8, 4) is 0 Å². The van der Waals surface area contributed by atoms with Crippen LogP contribution < -0.4 is 4.90 Å². The zero-order valence-electron chi connectivity index (χ0n) is 23.4. The van der Waals surface area contributed by atoms with E-state index in [0.717, 1.165) is 32.1 Å². The van der Waals surface area contributed by atoms with E-state index in [1.165, 1.54) is 0 Å². The van der Waals surface area contributed by atoms with Crippen molar-refractivity contribution < 1.29 is 24.2 Å². The smallest absolute Gasteiger partial charge is 0.311 e. The number of nitrogens with zero attached hydrogens (tertiary/aromatic N) is 2.